The van der Waals surface area contributed by atoms with Crippen LogP contribution in [0, 0.1) is 5.92 Å². The fourth-order valence-corrected chi connectivity index (χ4v) is 2.87. The van der Waals surface area contributed by atoms with Crippen LogP contribution in [-0.4, -0.2) is 48.4 Å². The molecule has 2 rings (SSSR count). The van der Waals surface area contributed by atoms with Crippen LogP contribution in [0.5, 0.6) is 0 Å². The van der Waals surface area contributed by atoms with Crippen LogP contribution in [0.15, 0.2) is 30.3 Å². The Hall–Kier alpha value is -0.810. The molecule has 1 aliphatic heterocycles. The van der Waals surface area contributed by atoms with Crippen molar-refractivity contribution in [2.45, 2.75) is 25.9 Å². The summed E-state index contributed by atoms with van der Waals surface area (Å²) >= 11 is 0. The number of likely N-dealkylation sites (tertiary alicyclic amines) is 1. The molecule has 0 radical (unpaired) electrons. The van der Waals surface area contributed by atoms with Crippen LogP contribution in [0.25, 0.3) is 0 Å². The molecule has 0 saturated carbocycles. The van der Waals surface area contributed by atoms with Crippen molar-refractivity contribution in [3.63, 3.8) is 0 Å². The molecule has 22 heavy (non-hydrogen) atoms. The summed E-state index contributed by atoms with van der Waals surface area (Å²) in [6.45, 7) is 5.73. The van der Waals surface area contributed by atoms with E-state index < -0.39 is 6.04 Å². The van der Waals surface area contributed by atoms with E-state index in [0.29, 0.717) is 5.92 Å². The van der Waals surface area contributed by atoms with E-state index in [9.17, 15) is 4.79 Å². The van der Waals surface area contributed by atoms with Gasteiger partial charge in [0.25, 0.3) is 0 Å². The van der Waals surface area contributed by atoms with Gasteiger partial charge in [-0.1, -0.05) is 30.3 Å². The molecule has 1 heterocycles. The summed E-state index contributed by atoms with van der Waals surface area (Å²) in [5.74, 6) is 0.595. The van der Waals surface area contributed by atoms with Crippen LogP contribution < -0.4 is 5.73 Å². The van der Waals surface area contributed by atoms with Crippen LogP contribution in [0.4, 0.5) is 0 Å². The number of hydrogen-bond donors (Lipinski definition) is 1. The second kappa shape index (κ2) is 10.1. The molecule has 2 atom stereocenters. The molecule has 1 amide bonds. The van der Waals surface area contributed by atoms with Gasteiger partial charge in [0.2, 0.25) is 5.91 Å². The molecule has 1 saturated heterocycles. The first-order valence-corrected chi connectivity index (χ1v) is 7.33. The van der Waals surface area contributed by atoms with Gasteiger partial charge in [-0.25, -0.2) is 0 Å². The first-order chi connectivity index (χ1) is 9.56. The highest BCUT2D eigenvalue weighted by molar-refractivity contribution is 5.85. The third-order valence-electron chi connectivity index (χ3n) is 3.92. The summed E-state index contributed by atoms with van der Waals surface area (Å²) in [6, 6.07) is 10.1. The predicted octanol–water partition coefficient (Wildman–Crippen LogP) is 2.16. The van der Waals surface area contributed by atoms with Gasteiger partial charge in [-0.2, -0.15) is 0 Å². The Morgan fingerprint density at radius 1 is 1.36 bits per heavy atom. The average molecular weight is 348 g/mol. The Balaban J connectivity index is 0.00000220. The predicted molar refractivity (Wildman–Crippen MR) is 95.6 cm³/mol. The zero-order valence-electron chi connectivity index (χ0n) is 13.3. The Kier molecular flexibility index (Phi) is 9.69. The van der Waals surface area contributed by atoms with E-state index in [4.69, 9.17) is 5.73 Å². The molecule has 0 spiro atoms. The van der Waals surface area contributed by atoms with Gasteiger partial charge in [-0.05, 0) is 31.4 Å². The summed E-state index contributed by atoms with van der Waals surface area (Å²) in [4.78, 5) is 16.0. The molecular weight excluding hydrogens is 321 g/mol. The number of hydrogen-bond acceptors (Lipinski definition) is 3. The first-order valence-electron chi connectivity index (χ1n) is 7.33. The highest BCUT2D eigenvalue weighted by Crippen LogP contribution is 2.19. The molecule has 1 fully saturated rings. The molecule has 2 N–H and O–H groups in total. The van der Waals surface area contributed by atoms with E-state index in [2.05, 4.69) is 29.2 Å². The van der Waals surface area contributed by atoms with Crippen LogP contribution in [0.2, 0.25) is 0 Å². The number of nitrogens with two attached hydrogens (primary N) is 1. The summed E-state index contributed by atoms with van der Waals surface area (Å²) in [7, 11) is 1.85. The Morgan fingerprint density at radius 3 is 2.59 bits per heavy atom. The van der Waals surface area contributed by atoms with Crippen LogP contribution in [0.1, 0.15) is 18.9 Å². The molecule has 0 aliphatic carbocycles. The van der Waals surface area contributed by atoms with Crippen molar-refractivity contribution in [1.29, 1.82) is 0 Å². The largest absolute Gasteiger partial charge is 0.344 e. The second-order valence-electron chi connectivity index (χ2n) is 5.88. The quantitative estimate of drug-likeness (QED) is 0.887. The van der Waals surface area contributed by atoms with Crippen molar-refractivity contribution in [2.75, 3.05) is 26.7 Å². The third kappa shape index (κ3) is 6.13. The lowest BCUT2D eigenvalue weighted by molar-refractivity contribution is -0.131. The van der Waals surface area contributed by atoms with Gasteiger partial charge >= 0.3 is 0 Å². The maximum atomic E-state index is 11.8. The Morgan fingerprint density at radius 2 is 2.00 bits per heavy atom. The summed E-state index contributed by atoms with van der Waals surface area (Å²) in [5, 5.41) is 0. The van der Waals surface area contributed by atoms with Crippen LogP contribution >= 0.6 is 24.8 Å². The number of benzene rings is 1. The number of likely N-dealkylation sites (N-methyl/N-ethyl adjacent to an activating group) is 1. The second-order valence-corrected chi connectivity index (χ2v) is 5.88. The molecule has 0 bridgehead atoms. The third-order valence-corrected chi connectivity index (χ3v) is 3.92. The van der Waals surface area contributed by atoms with Gasteiger partial charge in [0, 0.05) is 26.7 Å². The number of halogens is 2. The first kappa shape index (κ1) is 21.2. The van der Waals surface area contributed by atoms with Gasteiger partial charge in [-0.15, -0.1) is 24.8 Å². The van der Waals surface area contributed by atoms with Crippen LogP contribution in [0.3, 0.4) is 0 Å². The number of rotatable bonds is 5. The van der Waals surface area contributed by atoms with Gasteiger partial charge < -0.3 is 10.6 Å². The maximum Gasteiger partial charge on any atom is 0.238 e. The van der Waals surface area contributed by atoms with E-state index in [1.54, 1.807) is 11.8 Å². The Labute approximate surface area is 145 Å². The Bertz CT molecular complexity index is 442. The monoisotopic (exact) mass is 347 g/mol. The lowest BCUT2D eigenvalue weighted by Gasteiger charge is -2.23. The minimum atomic E-state index is -0.401. The fraction of sp³-hybridized carbons (Fsp3) is 0.562. The maximum absolute atomic E-state index is 11.8. The summed E-state index contributed by atoms with van der Waals surface area (Å²) < 4.78 is 0. The minimum Gasteiger partial charge on any atom is -0.344 e. The number of carbonyl (C=O) groups excluding carboxylic acids is 1. The summed E-state index contributed by atoms with van der Waals surface area (Å²) in [5.41, 5.74) is 6.99. The van der Waals surface area contributed by atoms with E-state index in [1.807, 2.05) is 13.1 Å². The lowest BCUT2D eigenvalue weighted by Crippen LogP contribution is -2.42. The SMILES string of the molecule is C[C@H](N)C(=O)N(C)CC1CCN(Cc2ccccc2)C1.Cl.Cl. The van der Waals surface area contributed by atoms with Crippen molar-refractivity contribution in [2.24, 2.45) is 11.7 Å². The highest BCUT2D eigenvalue weighted by atomic mass is 35.5. The van der Waals surface area contributed by atoms with E-state index in [0.717, 1.165) is 32.6 Å². The molecule has 0 aromatic heterocycles. The highest BCUT2D eigenvalue weighted by Gasteiger charge is 2.25. The van der Waals surface area contributed by atoms with Gasteiger partial charge in [0.15, 0.2) is 0 Å². The smallest absolute Gasteiger partial charge is 0.238 e. The molecule has 1 unspecified atom stereocenters. The standard InChI is InChI=1S/C16H25N3O.2ClH/c1-13(17)16(20)18(2)10-15-8-9-19(12-15)11-14-6-4-3-5-7-14;;/h3-7,13,15H,8-12,17H2,1-2H3;2*1H/t13-,15?;;/m0../s1. The van der Waals surface area contributed by atoms with Crippen molar-refractivity contribution in [3.8, 4) is 0 Å². The topological polar surface area (TPSA) is 49.6 Å². The zero-order valence-corrected chi connectivity index (χ0v) is 14.9. The fourth-order valence-electron chi connectivity index (χ4n) is 2.87. The number of carbonyl (C=O) groups is 1. The van der Waals surface area contributed by atoms with E-state index in [-0.39, 0.29) is 30.7 Å². The molecule has 1 aliphatic rings. The average Bonchev–Trinajstić information content (AvgIpc) is 2.86. The van der Waals surface area contributed by atoms with Gasteiger partial charge in [-0.3, -0.25) is 9.69 Å². The van der Waals surface area contributed by atoms with Gasteiger partial charge in [0.1, 0.15) is 0 Å². The van der Waals surface area contributed by atoms with Crippen molar-refractivity contribution in [1.82, 2.24) is 9.80 Å². The summed E-state index contributed by atoms with van der Waals surface area (Å²) in [6.07, 6.45) is 1.16. The van der Waals surface area contributed by atoms with E-state index in [1.165, 1.54) is 5.56 Å². The molecule has 126 valence electrons. The zero-order chi connectivity index (χ0) is 14.5. The number of amides is 1. The minimum absolute atomic E-state index is 0. The van der Waals surface area contributed by atoms with Crippen molar-refractivity contribution >= 4 is 30.7 Å². The molecule has 6 heteroatoms. The molecule has 1 aromatic rings. The lowest BCUT2D eigenvalue weighted by atomic mass is 10.1. The normalized spacial score (nSPS) is 19.0. The van der Waals surface area contributed by atoms with Crippen LogP contribution in [-0.2, 0) is 11.3 Å². The molecule has 1 aromatic carbocycles. The van der Waals surface area contributed by atoms with E-state index >= 15 is 0 Å². The van der Waals surface area contributed by atoms with Crippen molar-refractivity contribution < 1.29 is 4.79 Å². The molecule has 4 nitrogen and oxygen atoms in total. The van der Waals surface area contributed by atoms with Crippen molar-refractivity contribution in [3.05, 3.63) is 35.9 Å². The molecular formula is C16H27Cl2N3O. The number of nitrogens with zero attached hydrogens (tertiary/aromatic N) is 2. The van der Waals surface area contributed by atoms with Gasteiger partial charge in [0.05, 0.1) is 6.04 Å².